The minimum absolute atomic E-state index is 0.0330. The van der Waals surface area contributed by atoms with E-state index in [-0.39, 0.29) is 22.9 Å². The molecule has 1 aliphatic carbocycles. The van der Waals surface area contributed by atoms with Crippen LogP contribution in [0.15, 0.2) is 18.2 Å². The molecule has 3 N–H and O–H groups in total. The quantitative estimate of drug-likeness (QED) is 0.508. The molecule has 2 aliphatic rings. The van der Waals surface area contributed by atoms with Gasteiger partial charge in [-0.3, -0.25) is 9.20 Å². The molecular weight excluding hydrogens is 459 g/mol. The summed E-state index contributed by atoms with van der Waals surface area (Å²) in [6, 6.07) is 2.99. The van der Waals surface area contributed by atoms with Gasteiger partial charge in [-0.15, -0.1) is 10.2 Å². The van der Waals surface area contributed by atoms with E-state index in [0.29, 0.717) is 30.2 Å². The van der Waals surface area contributed by atoms with E-state index in [1.54, 1.807) is 6.92 Å². The summed E-state index contributed by atoms with van der Waals surface area (Å²) in [5.74, 6) is 1.81. The number of nitrogens with zero attached hydrogens (tertiary/aromatic N) is 5. The molecule has 186 valence electrons. The van der Waals surface area contributed by atoms with Crippen LogP contribution in [0.4, 0.5) is 24.7 Å². The van der Waals surface area contributed by atoms with Gasteiger partial charge in [0.2, 0.25) is 5.91 Å². The van der Waals surface area contributed by atoms with Crippen LogP contribution in [-0.4, -0.2) is 30.4 Å². The SMILES string of the molecule is CC(C)c1nnc2nc(N[C@H](C)c3cc(N)cc(C(F)(F)F)c3)c3c(n12)CN(C(=O)C1(C)CC1)C3. The van der Waals surface area contributed by atoms with Gasteiger partial charge in [0, 0.05) is 22.6 Å². The lowest BCUT2D eigenvalue weighted by molar-refractivity contribution is -0.138. The second-order valence-corrected chi connectivity index (χ2v) is 10.2. The molecule has 1 aromatic carbocycles. The summed E-state index contributed by atoms with van der Waals surface area (Å²) in [6.07, 6.45) is -2.76. The van der Waals surface area contributed by atoms with E-state index >= 15 is 0 Å². The molecule has 5 rings (SSSR count). The monoisotopic (exact) mass is 487 g/mol. The Morgan fingerprint density at radius 3 is 2.49 bits per heavy atom. The molecule has 0 saturated heterocycles. The van der Waals surface area contributed by atoms with Gasteiger partial charge in [-0.05, 0) is 43.5 Å². The Bertz CT molecular complexity index is 1330. The van der Waals surface area contributed by atoms with Crippen LogP contribution in [0.3, 0.4) is 0 Å². The lowest BCUT2D eigenvalue weighted by Gasteiger charge is -2.20. The molecule has 1 fully saturated rings. The number of aromatic nitrogens is 4. The van der Waals surface area contributed by atoms with E-state index in [9.17, 15) is 18.0 Å². The number of hydrogen-bond donors (Lipinski definition) is 2. The number of hydrogen-bond acceptors (Lipinski definition) is 6. The number of nitrogens with one attached hydrogen (secondary N) is 1. The Morgan fingerprint density at radius 1 is 1.14 bits per heavy atom. The van der Waals surface area contributed by atoms with Gasteiger partial charge < -0.3 is 16.0 Å². The minimum Gasteiger partial charge on any atom is -0.399 e. The molecule has 0 unspecified atom stereocenters. The van der Waals surface area contributed by atoms with Crippen LogP contribution in [0.25, 0.3) is 5.78 Å². The molecule has 11 heteroatoms. The number of nitrogens with two attached hydrogens (primary N) is 1. The normalized spacial score (nSPS) is 17.7. The summed E-state index contributed by atoms with van der Waals surface area (Å²) in [4.78, 5) is 19.6. The fraction of sp³-hybridized carbons (Fsp3) is 0.500. The first-order valence-corrected chi connectivity index (χ1v) is 11.7. The highest BCUT2D eigenvalue weighted by molar-refractivity contribution is 5.85. The van der Waals surface area contributed by atoms with Crippen LogP contribution in [-0.2, 0) is 24.1 Å². The molecule has 0 spiro atoms. The molecular formula is C24H28F3N7O. The Labute approximate surface area is 200 Å². The lowest BCUT2D eigenvalue weighted by atomic mass is 10.0. The highest BCUT2D eigenvalue weighted by Gasteiger charge is 2.48. The second-order valence-electron chi connectivity index (χ2n) is 10.2. The molecule has 1 atom stereocenters. The molecule has 0 radical (unpaired) electrons. The van der Waals surface area contributed by atoms with Gasteiger partial charge in [0.25, 0.3) is 5.78 Å². The van der Waals surface area contributed by atoms with Gasteiger partial charge >= 0.3 is 6.18 Å². The van der Waals surface area contributed by atoms with Crippen LogP contribution in [0, 0.1) is 5.41 Å². The van der Waals surface area contributed by atoms with Crippen LogP contribution in [0.1, 0.15) is 80.7 Å². The molecule has 2 aromatic heterocycles. The van der Waals surface area contributed by atoms with Crippen molar-refractivity contribution >= 4 is 23.2 Å². The molecule has 8 nitrogen and oxygen atoms in total. The predicted molar refractivity (Wildman–Crippen MR) is 124 cm³/mol. The van der Waals surface area contributed by atoms with Crippen LogP contribution in [0.5, 0.6) is 0 Å². The molecule has 1 amide bonds. The smallest absolute Gasteiger partial charge is 0.399 e. The number of carbonyl (C=O) groups excluding carboxylic acids is 1. The zero-order valence-corrected chi connectivity index (χ0v) is 20.1. The Balaban J connectivity index is 1.55. The van der Waals surface area contributed by atoms with Crippen LogP contribution < -0.4 is 11.1 Å². The van der Waals surface area contributed by atoms with Crippen LogP contribution >= 0.6 is 0 Å². The lowest BCUT2D eigenvalue weighted by Crippen LogP contribution is -2.31. The number of carbonyl (C=O) groups is 1. The van der Waals surface area contributed by atoms with Crippen molar-refractivity contribution in [3.05, 3.63) is 46.4 Å². The highest BCUT2D eigenvalue weighted by atomic mass is 19.4. The zero-order chi connectivity index (χ0) is 25.3. The van der Waals surface area contributed by atoms with Gasteiger partial charge in [-0.2, -0.15) is 18.2 Å². The fourth-order valence-corrected chi connectivity index (χ4v) is 4.62. The van der Waals surface area contributed by atoms with E-state index in [4.69, 9.17) is 5.73 Å². The third-order valence-corrected chi connectivity index (χ3v) is 6.95. The maximum atomic E-state index is 13.3. The van der Waals surface area contributed by atoms with Gasteiger partial charge in [-0.1, -0.05) is 20.8 Å². The molecule has 0 bridgehead atoms. The highest BCUT2D eigenvalue weighted by Crippen LogP contribution is 2.48. The number of amides is 1. The Morgan fingerprint density at radius 2 is 1.86 bits per heavy atom. The minimum atomic E-state index is -4.50. The number of rotatable bonds is 5. The van der Waals surface area contributed by atoms with Crippen molar-refractivity contribution in [3.8, 4) is 0 Å². The number of anilines is 2. The van der Waals surface area contributed by atoms with Gasteiger partial charge in [0.1, 0.15) is 11.6 Å². The standard InChI is InChI=1S/C24H28F3N7O/c1-12(2)20-31-32-22-30-19(29-13(3)14-7-15(24(25,26)27)9-16(28)8-14)17-10-33(11-18(17)34(20)22)21(35)23(4)5-6-23/h7-9,12-13H,5-6,10-11,28H2,1-4H3,(H,29,30,32)/t13-/m1/s1. The molecule has 35 heavy (non-hydrogen) atoms. The van der Waals surface area contributed by atoms with E-state index in [0.717, 1.165) is 42.1 Å². The summed E-state index contributed by atoms with van der Waals surface area (Å²) >= 11 is 0. The van der Waals surface area contributed by atoms with Crippen molar-refractivity contribution in [2.45, 2.75) is 71.8 Å². The molecule has 1 aliphatic heterocycles. The van der Waals surface area contributed by atoms with E-state index in [1.165, 1.54) is 6.07 Å². The molecule has 1 saturated carbocycles. The van der Waals surface area contributed by atoms with E-state index in [2.05, 4.69) is 20.5 Å². The zero-order valence-electron chi connectivity index (χ0n) is 20.1. The first kappa shape index (κ1) is 23.4. The average molecular weight is 488 g/mol. The Hall–Kier alpha value is -3.37. The summed E-state index contributed by atoms with van der Waals surface area (Å²) < 4.78 is 41.9. The number of alkyl halides is 3. The number of halogens is 3. The summed E-state index contributed by atoms with van der Waals surface area (Å²) in [6.45, 7) is 8.52. The summed E-state index contributed by atoms with van der Waals surface area (Å²) in [5, 5.41) is 11.8. The van der Waals surface area contributed by atoms with Crippen molar-refractivity contribution in [1.29, 1.82) is 0 Å². The number of benzene rings is 1. The summed E-state index contributed by atoms with van der Waals surface area (Å²) in [5.41, 5.74) is 6.76. The Kier molecular flexibility index (Phi) is 5.22. The number of fused-ring (bicyclic) bond motifs is 3. The fourth-order valence-electron chi connectivity index (χ4n) is 4.62. The van der Waals surface area contributed by atoms with Crippen molar-refractivity contribution in [2.75, 3.05) is 11.1 Å². The number of nitrogen functional groups attached to an aromatic ring is 1. The van der Waals surface area contributed by atoms with Crippen molar-refractivity contribution in [1.82, 2.24) is 24.5 Å². The second kappa shape index (κ2) is 7.82. The summed E-state index contributed by atoms with van der Waals surface area (Å²) in [7, 11) is 0. The van der Waals surface area contributed by atoms with Crippen LogP contribution in [0.2, 0.25) is 0 Å². The molecule has 3 aromatic rings. The first-order valence-electron chi connectivity index (χ1n) is 11.7. The van der Waals surface area contributed by atoms with Crippen molar-refractivity contribution in [3.63, 3.8) is 0 Å². The van der Waals surface area contributed by atoms with Crippen molar-refractivity contribution in [2.24, 2.45) is 5.41 Å². The first-order chi connectivity index (χ1) is 16.4. The average Bonchev–Trinajstić information content (AvgIpc) is 3.19. The topological polar surface area (TPSA) is 101 Å². The predicted octanol–water partition coefficient (Wildman–Crippen LogP) is 4.66. The van der Waals surface area contributed by atoms with Crippen molar-refractivity contribution < 1.29 is 18.0 Å². The van der Waals surface area contributed by atoms with Gasteiger partial charge in [-0.25, -0.2) is 0 Å². The van der Waals surface area contributed by atoms with Gasteiger partial charge in [0.05, 0.1) is 30.4 Å². The van der Waals surface area contributed by atoms with E-state index in [1.807, 2.05) is 30.1 Å². The molecule has 3 heterocycles. The maximum Gasteiger partial charge on any atom is 0.416 e. The maximum absolute atomic E-state index is 13.3. The third-order valence-electron chi connectivity index (χ3n) is 6.95. The van der Waals surface area contributed by atoms with E-state index < -0.39 is 17.8 Å². The van der Waals surface area contributed by atoms with Gasteiger partial charge in [0.15, 0.2) is 0 Å². The largest absolute Gasteiger partial charge is 0.416 e. The third kappa shape index (κ3) is 4.06.